The second-order valence-corrected chi connectivity index (χ2v) is 15.0. The molecule has 5 heterocycles. The first-order valence-corrected chi connectivity index (χ1v) is 20.1. The molecule has 0 saturated carbocycles. The number of pyridine rings is 1. The highest BCUT2D eigenvalue weighted by Gasteiger charge is 2.20. The first-order valence-electron chi connectivity index (χ1n) is 19.3. The molecule has 0 fully saturated rings. The van der Waals surface area contributed by atoms with E-state index < -0.39 is 0 Å². The summed E-state index contributed by atoms with van der Waals surface area (Å²) < 4.78 is 2.15. The van der Waals surface area contributed by atoms with Crippen molar-refractivity contribution in [3.05, 3.63) is 187 Å². The molecule has 10 heteroatoms. The zero-order valence-corrected chi connectivity index (χ0v) is 33.1. The van der Waals surface area contributed by atoms with Crippen LogP contribution in [-0.2, 0) is 0 Å². The minimum Gasteiger partial charge on any atom is -0.338 e. The van der Waals surface area contributed by atoms with Gasteiger partial charge in [-0.05, 0) is 73.4 Å². The Balaban J connectivity index is 0.000000117. The normalized spacial score (nSPS) is 11.5. The Morgan fingerprint density at radius 3 is 1.67 bits per heavy atom. The predicted octanol–water partition coefficient (Wildman–Crippen LogP) is 13.2. The highest BCUT2D eigenvalue weighted by Crippen LogP contribution is 2.41. The number of aromatic nitrogens is 8. The molecule has 0 atom stereocenters. The van der Waals surface area contributed by atoms with E-state index in [1.165, 1.54) is 55.5 Å². The van der Waals surface area contributed by atoms with Crippen molar-refractivity contribution >= 4 is 116 Å². The van der Waals surface area contributed by atoms with E-state index in [9.17, 15) is 0 Å². The fourth-order valence-electron chi connectivity index (χ4n) is 8.33. The molecule has 284 valence electrons. The Hall–Kier alpha value is -7.52. The lowest BCUT2D eigenvalue weighted by Crippen LogP contribution is -1.97. The molecule has 5 aromatic heterocycles. The lowest BCUT2D eigenvalue weighted by Gasteiger charge is -2.13. The van der Waals surface area contributed by atoms with Crippen LogP contribution in [0.15, 0.2) is 176 Å². The zero-order valence-electron chi connectivity index (χ0n) is 31.6. The summed E-state index contributed by atoms with van der Waals surface area (Å²) in [5.74, 6) is 0.924. The number of hydrogen-bond acceptors (Lipinski definition) is 6. The summed E-state index contributed by atoms with van der Waals surface area (Å²) in [6.45, 7) is 0. The number of nitrogens with one attached hydrogen (secondary N) is 1. The quantitative estimate of drug-likeness (QED) is 0.166. The highest BCUT2D eigenvalue weighted by atomic mass is 35.5. The molecule has 0 spiro atoms. The Bertz CT molecular complexity index is 3730. The maximum atomic E-state index is 5.40. The third-order valence-corrected chi connectivity index (χ3v) is 11.5. The molecule has 1 N–H and O–H groups in total. The number of benzene rings is 8. The van der Waals surface area contributed by atoms with Crippen molar-refractivity contribution in [2.75, 3.05) is 0 Å². The number of halogens is 2. The molecule has 60 heavy (non-hydrogen) atoms. The van der Waals surface area contributed by atoms with Crippen molar-refractivity contribution in [1.29, 1.82) is 0 Å². The highest BCUT2D eigenvalue weighted by molar-refractivity contribution is 6.40. The van der Waals surface area contributed by atoms with Gasteiger partial charge in [0.1, 0.15) is 17.0 Å². The van der Waals surface area contributed by atoms with Gasteiger partial charge >= 0.3 is 0 Å². The van der Waals surface area contributed by atoms with Gasteiger partial charge in [-0.2, -0.15) is 0 Å². The van der Waals surface area contributed by atoms with Crippen LogP contribution in [0.1, 0.15) is 0 Å². The summed E-state index contributed by atoms with van der Waals surface area (Å²) in [5, 5.41) is 12.6. The Labute approximate surface area is 351 Å². The molecule has 0 amide bonds. The molecule has 0 aliphatic heterocycles. The van der Waals surface area contributed by atoms with Gasteiger partial charge in [-0.1, -0.05) is 145 Å². The van der Waals surface area contributed by atoms with Crippen molar-refractivity contribution in [2.45, 2.75) is 0 Å². The minimum absolute atomic E-state index is 0.245. The van der Waals surface area contributed by atoms with E-state index in [4.69, 9.17) is 43.1 Å². The maximum Gasteiger partial charge on any atom is 0.166 e. The van der Waals surface area contributed by atoms with E-state index in [1.807, 2.05) is 30.3 Å². The molecule has 0 bridgehead atoms. The Morgan fingerprint density at radius 2 is 0.967 bits per heavy atom. The maximum absolute atomic E-state index is 5.40. The summed E-state index contributed by atoms with van der Waals surface area (Å²) in [6.07, 6.45) is 6.49. The van der Waals surface area contributed by atoms with E-state index in [0.717, 1.165) is 61.0 Å². The van der Waals surface area contributed by atoms with E-state index in [1.54, 1.807) is 12.4 Å². The van der Waals surface area contributed by atoms with Crippen LogP contribution in [0.2, 0.25) is 10.3 Å². The first-order chi connectivity index (χ1) is 29.6. The van der Waals surface area contributed by atoms with E-state index in [-0.39, 0.29) is 10.3 Å². The lowest BCUT2D eigenvalue weighted by molar-refractivity contribution is 1.20. The number of H-pyrrole nitrogens is 1. The average Bonchev–Trinajstić information content (AvgIpc) is 3.93. The fourth-order valence-corrected chi connectivity index (χ4v) is 8.54. The molecule has 0 aliphatic carbocycles. The second-order valence-electron chi connectivity index (χ2n) is 14.3. The van der Waals surface area contributed by atoms with Crippen LogP contribution in [-0.4, -0.2) is 39.3 Å². The largest absolute Gasteiger partial charge is 0.338 e. The molecular formula is C50H30Cl2N8. The van der Waals surface area contributed by atoms with Crippen LogP contribution in [0, 0.1) is 0 Å². The van der Waals surface area contributed by atoms with Gasteiger partial charge in [0.05, 0.1) is 22.1 Å². The molecule has 8 nitrogen and oxygen atoms in total. The first kappa shape index (κ1) is 35.6. The van der Waals surface area contributed by atoms with Crippen molar-refractivity contribution in [3.63, 3.8) is 0 Å². The summed E-state index contributed by atoms with van der Waals surface area (Å²) in [7, 11) is 0. The van der Waals surface area contributed by atoms with Gasteiger partial charge in [0.2, 0.25) is 0 Å². The van der Waals surface area contributed by atoms with Crippen LogP contribution < -0.4 is 0 Å². The number of hydrogen-bond donors (Lipinski definition) is 1. The van der Waals surface area contributed by atoms with Gasteiger partial charge in [-0.25, -0.2) is 24.9 Å². The van der Waals surface area contributed by atoms with Crippen molar-refractivity contribution in [3.8, 4) is 11.4 Å². The third kappa shape index (κ3) is 5.92. The molecule has 0 saturated heterocycles. The fraction of sp³-hybridized carbons (Fsp3) is 0. The standard InChI is InChI=1S/C25H14N4.C21H14N2.C4H2Cl2N2/c1-3-9-17-15(7-1)16-8-2-4-10-18(16)22-21(17)23-25(27-14-13-26-23)29-20-12-6-5-11-19(20)28-24(22)29;1-2-8-15-14(7-1)13-18(17-10-4-3-9-16(15)17)21-22-19-11-5-6-12-20(19)23-21;5-3-4(6)8-2-1-7-3/h1-14H;1-13H,(H,22,23);1-2H. The van der Waals surface area contributed by atoms with Crippen LogP contribution >= 0.6 is 23.2 Å². The van der Waals surface area contributed by atoms with E-state index in [2.05, 4.69) is 141 Å². The van der Waals surface area contributed by atoms with Gasteiger partial charge in [-0.15, -0.1) is 0 Å². The van der Waals surface area contributed by atoms with Crippen LogP contribution in [0.3, 0.4) is 0 Å². The Kier molecular flexibility index (Phi) is 8.73. The number of para-hydroxylation sites is 4. The average molecular weight is 814 g/mol. The number of imidazole rings is 2. The number of aromatic amines is 1. The molecule has 8 aromatic carbocycles. The Morgan fingerprint density at radius 1 is 0.433 bits per heavy atom. The molecular weight excluding hydrogens is 784 g/mol. The van der Waals surface area contributed by atoms with Gasteiger partial charge < -0.3 is 4.98 Å². The molecule has 13 aromatic rings. The summed E-state index contributed by atoms with van der Waals surface area (Å²) in [6, 6.07) is 52.8. The predicted molar refractivity (Wildman–Crippen MR) is 247 cm³/mol. The molecule has 13 rings (SSSR count). The number of nitrogens with zero attached hydrogens (tertiary/aromatic N) is 7. The van der Waals surface area contributed by atoms with Crippen LogP contribution in [0.25, 0.3) is 104 Å². The van der Waals surface area contributed by atoms with Crippen molar-refractivity contribution < 1.29 is 0 Å². The molecule has 0 aliphatic rings. The van der Waals surface area contributed by atoms with Crippen LogP contribution in [0.4, 0.5) is 0 Å². The van der Waals surface area contributed by atoms with E-state index in [0.29, 0.717) is 0 Å². The topological polar surface area (TPSA) is 97.5 Å². The lowest BCUT2D eigenvalue weighted by atomic mass is 9.94. The molecule has 0 radical (unpaired) electrons. The second kappa shape index (κ2) is 14.7. The molecule has 0 unspecified atom stereocenters. The van der Waals surface area contributed by atoms with Crippen molar-refractivity contribution in [2.24, 2.45) is 0 Å². The third-order valence-electron chi connectivity index (χ3n) is 10.9. The smallest absolute Gasteiger partial charge is 0.166 e. The van der Waals surface area contributed by atoms with Crippen molar-refractivity contribution in [1.82, 2.24) is 39.3 Å². The summed E-state index contributed by atoms with van der Waals surface area (Å²) >= 11 is 10.8. The van der Waals surface area contributed by atoms with Gasteiger partial charge in [0, 0.05) is 41.1 Å². The van der Waals surface area contributed by atoms with Gasteiger partial charge in [0.15, 0.2) is 16.0 Å². The minimum atomic E-state index is 0.245. The monoisotopic (exact) mass is 812 g/mol. The zero-order chi connectivity index (χ0) is 40.2. The number of fused-ring (bicyclic) bond motifs is 17. The number of rotatable bonds is 1. The summed E-state index contributed by atoms with van der Waals surface area (Å²) in [5.41, 5.74) is 7.90. The summed E-state index contributed by atoms with van der Waals surface area (Å²) in [4.78, 5) is 30.1. The van der Waals surface area contributed by atoms with E-state index >= 15 is 0 Å². The van der Waals surface area contributed by atoms with Gasteiger partial charge in [-0.3, -0.25) is 9.38 Å². The van der Waals surface area contributed by atoms with Crippen LogP contribution in [0.5, 0.6) is 0 Å². The SMILES string of the molecule is Clc1nccnc1Cl.c1ccc2c(c1)cc(-c1nc3ccccc3[nH]1)c1ccccc12.c1ccc2c(c1)nc1c3c4ccccc4c4ccccc4c3c3nccnc3n21. The van der Waals surface area contributed by atoms with Gasteiger partial charge in [0.25, 0.3) is 0 Å².